The number of carbonyl (C=O) groups is 3. The van der Waals surface area contributed by atoms with Crippen molar-refractivity contribution in [3.05, 3.63) is 81.9 Å². The monoisotopic (exact) mass is 1040 g/mol. The molecule has 0 spiro atoms. The van der Waals surface area contributed by atoms with Crippen molar-refractivity contribution in [2.75, 3.05) is 57.9 Å². The summed E-state index contributed by atoms with van der Waals surface area (Å²) in [6.07, 6.45) is 15.8. The van der Waals surface area contributed by atoms with Crippen LogP contribution in [0.3, 0.4) is 0 Å². The lowest BCUT2D eigenvalue weighted by atomic mass is 9.96. The number of halogens is 2. The number of methoxy groups -OCH3 is 1. The second-order valence-electron chi connectivity index (χ2n) is 20.4. The maximum atomic E-state index is 16.1. The number of ether oxygens (including phenoxy) is 3. The third-order valence-electron chi connectivity index (χ3n) is 15.9. The standard InChI is InChI=1S/C30H37N5O6.C26H21F2N5O2/c1-32-27-20(5-2-8-24(27)35(29(32)38)25-11-12-26(36)31-28(25)37)6-4-18-40-23-13-16-33(17-14-23)30(39)41-19-22-10-9-21-7-3-15-34(21)22;1-3-17-20(27)7-4-13-8-16(34)9-18(21(13)17)23-22(28)24-19(10-29-23)25(32-26(31-24)35-2)33-11-14-5-6-15(12-33)30-14/h2,5,8,21-23,25H,3,7,9-19H2,1H3,(H,31,36,37);1,4,7-10,14-15,30,34H,5-6,11-12H2,2H3. The zero-order chi connectivity index (χ0) is 52.8. The molecule has 394 valence electrons. The van der Waals surface area contributed by atoms with Gasteiger partial charge in [0, 0.05) is 81.0 Å². The first-order chi connectivity index (χ1) is 36.9. The van der Waals surface area contributed by atoms with Crippen LogP contribution in [0.25, 0.3) is 44.0 Å². The number of nitrogens with zero attached hydrogens (tertiary/aromatic N) is 8. The maximum absolute atomic E-state index is 16.1. The minimum atomic E-state index is -0.737. The Labute approximate surface area is 436 Å². The average Bonchev–Trinajstić information content (AvgIpc) is 4.22. The highest BCUT2D eigenvalue weighted by Crippen LogP contribution is 2.40. The largest absolute Gasteiger partial charge is 0.508 e. The van der Waals surface area contributed by atoms with Crippen LogP contribution in [-0.2, 0) is 26.1 Å². The number of aryl methyl sites for hydroxylation is 1. The average molecular weight is 1040 g/mol. The number of hydrogen-bond donors (Lipinski definition) is 3. The molecule has 3 aromatic heterocycles. The summed E-state index contributed by atoms with van der Waals surface area (Å²) in [4.78, 5) is 69.4. The Morgan fingerprint density at radius 2 is 1.76 bits per heavy atom. The van der Waals surface area contributed by atoms with Crippen LogP contribution in [-0.4, -0.2) is 140 Å². The fraction of sp³-hybridized carbons (Fsp3) is 0.446. The summed E-state index contributed by atoms with van der Waals surface area (Å²) in [7, 11) is 3.08. The van der Waals surface area contributed by atoms with E-state index in [0.29, 0.717) is 77.1 Å². The number of anilines is 1. The molecule has 2 bridgehead atoms. The molecular weight excluding hydrogens is 979 g/mol. The Hall–Kier alpha value is -7.65. The van der Waals surface area contributed by atoms with Gasteiger partial charge >= 0.3 is 17.8 Å². The van der Waals surface area contributed by atoms with Crippen molar-refractivity contribution in [3.63, 3.8) is 0 Å². The molecule has 9 heterocycles. The molecule has 6 aliphatic rings. The smallest absolute Gasteiger partial charge is 0.409 e. The fourth-order valence-corrected chi connectivity index (χ4v) is 12.2. The molecular formula is C56H58F2N10O8. The van der Waals surface area contributed by atoms with Gasteiger partial charge in [-0.1, -0.05) is 29.9 Å². The summed E-state index contributed by atoms with van der Waals surface area (Å²) in [5, 5.41) is 17.4. The van der Waals surface area contributed by atoms with Crippen LogP contribution in [0, 0.1) is 35.8 Å². The molecule has 6 saturated heterocycles. The summed E-state index contributed by atoms with van der Waals surface area (Å²) in [6.45, 7) is 4.50. The number of fused-ring (bicyclic) bond motifs is 6. The minimum Gasteiger partial charge on any atom is -0.508 e. The Balaban J connectivity index is 0.000000164. The number of imidazole rings is 1. The first-order valence-corrected chi connectivity index (χ1v) is 26.0. The highest BCUT2D eigenvalue weighted by Gasteiger charge is 2.38. The highest BCUT2D eigenvalue weighted by molar-refractivity contribution is 6.03. The van der Waals surface area contributed by atoms with Gasteiger partial charge in [-0.3, -0.25) is 33.9 Å². The van der Waals surface area contributed by atoms with E-state index in [9.17, 15) is 28.7 Å². The van der Waals surface area contributed by atoms with Crippen LogP contribution in [0.1, 0.15) is 81.4 Å². The first kappa shape index (κ1) is 50.5. The molecule has 76 heavy (non-hydrogen) atoms. The molecule has 3 aromatic carbocycles. The van der Waals surface area contributed by atoms with E-state index in [4.69, 9.17) is 20.6 Å². The third kappa shape index (κ3) is 9.65. The summed E-state index contributed by atoms with van der Waals surface area (Å²) >= 11 is 0. The van der Waals surface area contributed by atoms with Gasteiger partial charge in [-0.2, -0.15) is 9.97 Å². The van der Waals surface area contributed by atoms with E-state index in [1.54, 1.807) is 24.1 Å². The second kappa shape index (κ2) is 21.2. The number of carbonyl (C=O) groups excluding carboxylic acids is 3. The molecule has 0 radical (unpaired) electrons. The quantitative estimate of drug-likeness (QED) is 0.124. The number of phenols is 1. The van der Waals surface area contributed by atoms with Gasteiger partial charge in [0.15, 0.2) is 5.82 Å². The minimum absolute atomic E-state index is 0.0160. The Morgan fingerprint density at radius 3 is 2.53 bits per heavy atom. The third-order valence-corrected chi connectivity index (χ3v) is 15.9. The van der Waals surface area contributed by atoms with Gasteiger partial charge < -0.3 is 34.4 Å². The second-order valence-corrected chi connectivity index (χ2v) is 20.4. The lowest BCUT2D eigenvalue weighted by molar-refractivity contribution is -0.135. The number of pyridine rings is 1. The van der Waals surface area contributed by atoms with Crippen molar-refractivity contribution in [1.29, 1.82) is 0 Å². The number of terminal acetylenes is 1. The van der Waals surface area contributed by atoms with Crippen LogP contribution < -0.4 is 26.0 Å². The van der Waals surface area contributed by atoms with Gasteiger partial charge in [0.25, 0.3) is 0 Å². The number of likely N-dealkylation sites (tertiary alicyclic amines) is 1. The molecule has 6 aliphatic heterocycles. The topological polar surface area (TPSA) is 199 Å². The number of para-hydroxylation sites is 1. The highest BCUT2D eigenvalue weighted by atomic mass is 19.1. The van der Waals surface area contributed by atoms with Crippen molar-refractivity contribution in [2.45, 2.75) is 101 Å². The number of aromatic nitrogens is 5. The molecule has 18 nitrogen and oxygen atoms in total. The van der Waals surface area contributed by atoms with Crippen LogP contribution in [0.2, 0.25) is 0 Å². The van der Waals surface area contributed by atoms with Gasteiger partial charge in [-0.05, 0) is 100 Å². The van der Waals surface area contributed by atoms with Crippen molar-refractivity contribution in [3.8, 4) is 47.2 Å². The zero-order valence-electron chi connectivity index (χ0n) is 42.3. The van der Waals surface area contributed by atoms with E-state index in [0.717, 1.165) is 51.7 Å². The molecule has 20 heteroatoms. The molecule has 3 N–H and O–H groups in total. The van der Waals surface area contributed by atoms with Gasteiger partial charge in [-0.15, -0.1) is 6.42 Å². The number of amides is 3. The van der Waals surface area contributed by atoms with Gasteiger partial charge in [-0.25, -0.2) is 18.4 Å². The van der Waals surface area contributed by atoms with E-state index in [1.165, 1.54) is 66.0 Å². The van der Waals surface area contributed by atoms with E-state index in [2.05, 4.69) is 53.1 Å². The first-order valence-electron chi connectivity index (χ1n) is 26.0. The summed E-state index contributed by atoms with van der Waals surface area (Å²) in [5.74, 6) is 6.82. The molecule has 5 atom stereocenters. The predicted molar refractivity (Wildman–Crippen MR) is 279 cm³/mol. The van der Waals surface area contributed by atoms with Gasteiger partial charge in [0.1, 0.15) is 47.9 Å². The summed E-state index contributed by atoms with van der Waals surface area (Å²) < 4.78 is 50.6. The molecule has 5 unspecified atom stereocenters. The number of benzene rings is 3. The number of rotatable bonds is 8. The number of nitrogens with one attached hydrogen (secondary N) is 2. The number of imide groups is 1. The number of piperazine rings is 1. The van der Waals surface area contributed by atoms with Crippen LogP contribution >= 0.6 is 0 Å². The molecule has 0 aliphatic carbocycles. The van der Waals surface area contributed by atoms with Gasteiger partial charge in [0.2, 0.25) is 11.8 Å². The SMILES string of the molecule is C#Cc1c(F)ccc2cc(O)cc(-c3ncc4c(N5CC6CCC(C5)N6)nc(OC)nc4c3F)c12.Cn1c(=O)n(C2CCC(=O)NC2=O)c2cccc(C#CCOC3CCN(C(=O)OCC4CCC5CCCN54)CC3)c21. The predicted octanol–water partition coefficient (Wildman–Crippen LogP) is 5.67. The van der Waals surface area contributed by atoms with E-state index >= 15 is 4.39 Å². The molecule has 3 amide bonds. The van der Waals surface area contributed by atoms with Gasteiger partial charge in [0.05, 0.1) is 40.8 Å². The Bertz CT molecular complexity index is 3450. The summed E-state index contributed by atoms with van der Waals surface area (Å²) in [6, 6.07) is 11.9. The normalized spacial score (nSPS) is 22.5. The zero-order valence-corrected chi connectivity index (χ0v) is 42.3. The van der Waals surface area contributed by atoms with E-state index in [-0.39, 0.29) is 82.7 Å². The number of piperidine rings is 2. The van der Waals surface area contributed by atoms with Crippen LogP contribution in [0.15, 0.2) is 53.5 Å². The Morgan fingerprint density at radius 1 is 0.961 bits per heavy atom. The number of hydrogen-bond acceptors (Lipinski definition) is 14. The van der Waals surface area contributed by atoms with Crippen molar-refractivity contribution in [1.82, 2.24) is 44.5 Å². The van der Waals surface area contributed by atoms with Crippen LogP contribution in [0.5, 0.6) is 11.8 Å². The van der Waals surface area contributed by atoms with E-state index in [1.807, 2.05) is 6.07 Å². The molecule has 6 fully saturated rings. The van der Waals surface area contributed by atoms with E-state index < -0.39 is 23.6 Å². The number of aromatic hydroxyl groups is 1. The molecule has 0 saturated carbocycles. The molecule has 12 rings (SSSR count). The van der Waals surface area contributed by atoms with Crippen molar-refractivity contribution in [2.24, 2.45) is 7.05 Å². The summed E-state index contributed by atoms with van der Waals surface area (Å²) in [5.41, 5.74) is 1.64. The lowest BCUT2D eigenvalue weighted by Crippen LogP contribution is -2.51. The Kier molecular flexibility index (Phi) is 14.1. The molecule has 6 aromatic rings. The van der Waals surface area contributed by atoms with Crippen LogP contribution in [0.4, 0.5) is 19.4 Å². The fourth-order valence-electron chi connectivity index (χ4n) is 12.2. The maximum Gasteiger partial charge on any atom is 0.409 e. The van der Waals surface area contributed by atoms with Crippen molar-refractivity contribution < 1.29 is 42.5 Å². The number of phenolic OH excluding ortho intramolecular Hbond substituents is 1. The lowest BCUT2D eigenvalue weighted by Gasteiger charge is -2.34. The van der Waals surface area contributed by atoms with Crippen molar-refractivity contribution >= 4 is 56.4 Å².